The Kier molecular flexibility index (Phi) is 5.13. The molecule has 0 unspecified atom stereocenters. The Morgan fingerprint density at radius 2 is 2.04 bits per heavy atom. The molecule has 24 heavy (non-hydrogen) atoms. The number of rotatable bonds is 4. The zero-order chi connectivity index (χ0) is 17.2. The van der Waals surface area contributed by atoms with Gasteiger partial charge in [0.2, 0.25) is 5.91 Å². The normalized spacial score (nSPS) is 19.7. The van der Waals surface area contributed by atoms with Crippen LogP contribution in [0, 0.1) is 0 Å². The molecule has 2 fully saturated rings. The highest BCUT2D eigenvalue weighted by atomic mass is 79.9. The average molecular weight is 395 g/mol. The number of carbonyl (C=O) groups excluding carboxylic acids is 2. The van der Waals surface area contributed by atoms with Gasteiger partial charge in [0.25, 0.3) is 0 Å². The highest BCUT2D eigenvalue weighted by Crippen LogP contribution is 2.49. The molecule has 2 aliphatic rings. The molecule has 130 valence electrons. The standard InChI is InChI=1S/C18H23BrN2O3/c1-2-24-17(23)21-10-6-15(7-11-21)20-16(22)18(8-9-18)13-4-3-5-14(19)12-13/h3-5,12,15H,2,6-11H2,1H3,(H,20,22). The lowest BCUT2D eigenvalue weighted by Crippen LogP contribution is -2.49. The molecule has 1 heterocycles. The molecule has 0 radical (unpaired) electrons. The number of hydrogen-bond acceptors (Lipinski definition) is 3. The number of amides is 2. The van der Waals surface area contributed by atoms with Crippen LogP contribution >= 0.6 is 15.9 Å². The Balaban J connectivity index is 1.56. The monoisotopic (exact) mass is 394 g/mol. The first kappa shape index (κ1) is 17.3. The number of nitrogens with one attached hydrogen (secondary N) is 1. The van der Waals surface area contributed by atoms with Crippen molar-refractivity contribution in [2.24, 2.45) is 0 Å². The maximum absolute atomic E-state index is 12.8. The van der Waals surface area contributed by atoms with Crippen molar-refractivity contribution in [2.75, 3.05) is 19.7 Å². The van der Waals surface area contributed by atoms with Gasteiger partial charge in [-0.05, 0) is 50.3 Å². The van der Waals surface area contributed by atoms with Gasteiger partial charge in [-0.1, -0.05) is 28.1 Å². The van der Waals surface area contributed by atoms with Gasteiger partial charge < -0.3 is 15.0 Å². The Morgan fingerprint density at radius 3 is 2.62 bits per heavy atom. The second kappa shape index (κ2) is 7.13. The fraction of sp³-hybridized carbons (Fsp3) is 0.556. The minimum atomic E-state index is -0.359. The van der Waals surface area contributed by atoms with Crippen molar-refractivity contribution in [2.45, 2.75) is 44.1 Å². The number of carbonyl (C=O) groups is 2. The molecule has 1 aliphatic carbocycles. The molecule has 1 saturated carbocycles. The van der Waals surface area contributed by atoms with E-state index in [1.54, 1.807) is 4.90 Å². The van der Waals surface area contributed by atoms with Crippen LogP contribution in [0.15, 0.2) is 28.7 Å². The number of nitrogens with zero attached hydrogens (tertiary/aromatic N) is 1. The van der Waals surface area contributed by atoms with E-state index >= 15 is 0 Å². The number of halogens is 1. The molecule has 1 saturated heterocycles. The Morgan fingerprint density at radius 1 is 1.33 bits per heavy atom. The predicted molar refractivity (Wildman–Crippen MR) is 94.8 cm³/mol. The van der Waals surface area contributed by atoms with Gasteiger partial charge in [-0.15, -0.1) is 0 Å². The molecule has 1 aliphatic heterocycles. The van der Waals surface area contributed by atoms with Crippen molar-refractivity contribution in [1.29, 1.82) is 0 Å². The largest absolute Gasteiger partial charge is 0.450 e. The smallest absolute Gasteiger partial charge is 0.409 e. The summed E-state index contributed by atoms with van der Waals surface area (Å²) < 4.78 is 6.03. The number of benzene rings is 1. The lowest BCUT2D eigenvalue weighted by atomic mass is 9.94. The van der Waals surface area contributed by atoms with Gasteiger partial charge in [0, 0.05) is 23.6 Å². The van der Waals surface area contributed by atoms with Crippen molar-refractivity contribution in [3.05, 3.63) is 34.3 Å². The van der Waals surface area contributed by atoms with Gasteiger partial charge in [-0.2, -0.15) is 0 Å². The van der Waals surface area contributed by atoms with E-state index in [9.17, 15) is 9.59 Å². The molecule has 0 atom stereocenters. The van der Waals surface area contributed by atoms with Crippen LogP contribution < -0.4 is 5.32 Å². The first-order valence-corrected chi connectivity index (χ1v) is 9.33. The molecule has 0 aromatic heterocycles. The van der Waals surface area contributed by atoms with E-state index in [4.69, 9.17) is 4.74 Å². The first-order chi connectivity index (χ1) is 11.5. The fourth-order valence-corrected chi connectivity index (χ4v) is 3.70. The first-order valence-electron chi connectivity index (χ1n) is 8.54. The Labute approximate surface area is 150 Å². The topological polar surface area (TPSA) is 58.6 Å². The summed E-state index contributed by atoms with van der Waals surface area (Å²) >= 11 is 3.48. The van der Waals surface area contributed by atoms with Crippen molar-refractivity contribution in [1.82, 2.24) is 10.2 Å². The van der Waals surface area contributed by atoms with Gasteiger partial charge in [0.15, 0.2) is 0 Å². The van der Waals surface area contributed by atoms with Crippen molar-refractivity contribution in [3.8, 4) is 0 Å². The van der Waals surface area contributed by atoms with E-state index in [0.29, 0.717) is 19.7 Å². The molecule has 2 amide bonds. The summed E-state index contributed by atoms with van der Waals surface area (Å²) in [7, 11) is 0. The van der Waals surface area contributed by atoms with E-state index in [1.807, 2.05) is 31.2 Å². The van der Waals surface area contributed by atoms with Crippen molar-refractivity contribution in [3.63, 3.8) is 0 Å². The highest BCUT2D eigenvalue weighted by Gasteiger charge is 2.51. The highest BCUT2D eigenvalue weighted by molar-refractivity contribution is 9.10. The van der Waals surface area contributed by atoms with E-state index < -0.39 is 0 Å². The van der Waals surface area contributed by atoms with Crippen LogP contribution in [-0.2, 0) is 14.9 Å². The van der Waals surface area contributed by atoms with Gasteiger partial charge in [-0.25, -0.2) is 4.79 Å². The third-order valence-corrected chi connectivity index (χ3v) is 5.41. The molecule has 0 bridgehead atoms. The van der Waals surface area contributed by atoms with Crippen LogP contribution in [0.3, 0.4) is 0 Å². The van der Waals surface area contributed by atoms with Gasteiger partial charge in [-0.3, -0.25) is 4.79 Å². The summed E-state index contributed by atoms with van der Waals surface area (Å²) in [5, 5.41) is 3.20. The van der Waals surface area contributed by atoms with Gasteiger partial charge in [0.05, 0.1) is 12.0 Å². The predicted octanol–water partition coefficient (Wildman–Crippen LogP) is 3.22. The maximum atomic E-state index is 12.8. The summed E-state index contributed by atoms with van der Waals surface area (Å²) in [4.78, 5) is 26.2. The number of likely N-dealkylation sites (tertiary alicyclic amines) is 1. The van der Waals surface area contributed by atoms with Crippen LogP contribution in [0.2, 0.25) is 0 Å². The van der Waals surface area contributed by atoms with Crippen LogP contribution in [0.25, 0.3) is 0 Å². The summed E-state index contributed by atoms with van der Waals surface area (Å²) in [5.74, 6) is 0.121. The Bertz CT molecular complexity index is 622. The summed E-state index contributed by atoms with van der Waals surface area (Å²) in [6.07, 6.45) is 3.10. The van der Waals surface area contributed by atoms with Gasteiger partial charge in [0.1, 0.15) is 0 Å². The lowest BCUT2D eigenvalue weighted by Gasteiger charge is -2.32. The molecule has 6 heteroatoms. The lowest BCUT2D eigenvalue weighted by molar-refractivity contribution is -0.124. The maximum Gasteiger partial charge on any atom is 0.409 e. The third-order valence-electron chi connectivity index (χ3n) is 4.92. The molecule has 1 N–H and O–H groups in total. The van der Waals surface area contributed by atoms with Crippen LogP contribution in [-0.4, -0.2) is 42.6 Å². The number of hydrogen-bond donors (Lipinski definition) is 1. The summed E-state index contributed by atoms with van der Waals surface area (Å²) in [6.45, 7) is 3.47. The van der Waals surface area contributed by atoms with E-state index in [0.717, 1.165) is 35.7 Å². The SMILES string of the molecule is CCOC(=O)N1CCC(NC(=O)C2(c3cccc(Br)c3)CC2)CC1. The van der Waals surface area contributed by atoms with Crippen molar-refractivity contribution >= 4 is 27.9 Å². The zero-order valence-electron chi connectivity index (χ0n) is 13.9. The Hall–Kier alpha value is -1.56. The zero-order valence-corrected chi connectivity index (χ0v) is 15.5. The molecular formula is C18H23BrN2O3. The fourth-order valence-electron chi connectivity index (χ4n) is 3.30. The van der Waals surface area contributed by atoms with Crippen LogP contribution in [0.1, 0.15) is 38.2 Å². The minimum absolute atomic E-state index is 0.121. The van der Waals surface area contributed by atoms with E-state index in [-0.39, 0.29) is 23.5 Å². The molecule has 5 nitrogen and oxygen atoms in total. The second-order valence-electron chi connectivity index (χ2n) is 6.53. The van der Waals surface area contributed by atoms with E-state index in [2.05, 4.69) is 21.2 Å². The second-order valence-corrected chi connectivity index (χ2v) is 7.44. The molecule has 3 rings (SSSR count). The third kappa shape index (κ3) is 3.58. The summed E-state index contributed by atoms with van der Waals surface area (Å²) in [5.41, 5.74) is 0.723. The number of piperidine rings is 1. The number of ether oxygens (including phenoxy) is 1. The van der Waals surface area contributed by atoms with Crippen LogP contribution in [0.4, 0.5) is 4.79 Å². The average Bonchev–Trinajstić information content (AvgIpc) is 3.38. The van der Waals surface area contributed by atoms with E-state index in [1.165, 1.54) is 0 Å². The molecular weight excluding hydrogens is 372 g/mol. The van der Waals surface area contributed by atoms with Gasteiger partial charge >= 0.3 is 6.09 Å². The molecule has 0 spiro atoms. The molecule has 1 aromatic carbocycles. The summed E-state index contributed by atoms with van der Waals surface area (Å²) in [6, 6.07) is 8.15. The molecule has 1 aromatic rings. The van der Waals surface area contributed by atoms with Crippen molar-refractivity contribution < 1.29 is 14.3 Å². The quantitative estimate of drug-likeness (QED) is 0.852. The minimum Gasteiger partial charge on any atom is -0.450 e. The van der Waals surface area contributed by atoms with Crippen LogP contribution in [0.5, 0.6) is 0 Å².